The summed E-state index contributed by atoms with van der Waals surface area (Å²) in [7, 11) is 0. The molecule has 0 unspecified atom stereocenters. The summed E-state index contributed by atoms with van der Waals surface area (Å²) in [6.07, 6.45) is 13.5. The van der Waals surface area contributed by atoms with E-state index in [4.69, 9.17) is 11.6 Å². The molecular weight excluding hydrogens is 258 g/mol. The average Bonchev–Trinajstić information content (AvgIpc) is 2.49. The van der Waals surface area contributed by atoms with E-state index in [1.54, 1.807) is 6.20 Å². The van der Waals surface area contributed by atoms with E-state index in [0.29, 0.717) is 11.3 Å². The molecule has 3 rings (SSSR count). The summed E-state index contributed by atoms with van der Waals surface area (Å²) < 4.78 is 0. The number of halogens is 1. The Kier molecular flexibility index (Phi) is 3.92. The highest BCUT2D eigenvalue weighted by molar-refractivity contribution is 6.16. The SMILES string of the molecule is ClCc1cnc(N2CCC3(CCCCC3)CC2)cn1. The Morgan fingerprint density at radius 1 is 1.00 bits per heavy atom. The molecule has 1 aliphatic heterocycles. The first-order valence-corrected chi connectivity index (χ1v) is 7.97. The summed E-state index contributed by atoms with van der Waals surface area (Å²) in [5, 5.41) is 0. The zero-order valence-electron chi connectivity index (χ0n) is 11.4. The molecule has 2 fully saturated rings. The van der Waals surface area contributed by atoms with E-state index < -0.39 is 0 Å². The van der Waals surface area contributed by atoms with Crippen LogP contribution in [0.5, 0.6) is 0 Å². The van der Waals surface area contributed by atoms with Gasteiger partial charge in [0.05, 0.1) is 24.0 Å². The van der Waals surface area contributed by atoms with Crippen molar-refractivity contribution < 1.29 is 0 Å². The molecule has 19 heavy (non-hydrogen) atoms. The minimum absolute atomic E-state index is 0.441. The van der Waals surface area contributed by atoms with Crippen molar-refractivity contribution in [1.29, 1.82) is 0 Å². The van der Waals surface area contributed by atoms with Gasteiger partial charge in [0, 0.05) is 13.1 Å². The van der Waals surface area contributed by atoms with E-state index in [1.807, 2.05) is 6.20 Å². The molecule has 0 bridgehead atoms. The molecule has 1 aromatic rings. The Labute approximate surface area is 120 Å². The number of alkyl halides is 1. The van der Waals surface area contributed by atoms with Crippen LogP contribution in [0.25, 0.3) is 0 Å². The highest BCUT2D eigenvalue weighted by atomic mass is 35.5. The maximum Gasteiger partial charge on any atom is 0.147 e. The highest BCUT2D eigenvalue weighted by Crippen LogP contribution is 2.44. The Bertz CT molecular complexity index is 402. The van der Waals surface area contributed by atoms with E-state index in [1.165, 1.54) is 44.9 Å². The Balaban J connectivity index is 1.62. The van der Waals surface area contributed by atoms with Crippen LogP contribution in [0, 0.1) is 5.41 Å². The van der Waals surface area contributed by atoms with E-state index in [0.717, 1.165) is 24.6 Å². The Hall–Kier alpha value is -0.830. The Morgan fingerprint density at radius 2 is 1.74 bits per heavy atom. The lowest BCUT2D eigenvalue weighted by atomic mass is 9.68. The van der Waals surface area contributed by atoms with Gasteiger partial charge in [-0.3, -0.25) is 4.98 Å². The molecule has 0 amide bonds. The van der Waals surface area contributed by atoms with Gasteiger partial charge in [0.2, 0.25) is 0 Å². The predicted molar refractivity (Wildman–Crippen MR) is 78.6 cm³/mol. The van der Waals surface area contributed by atoms with Gasteiger partial charge >= 0.3 is 0 Å². The predicted octanol–water partition coefficient (Wildman–Crippen LogP) is 3.77. The van der Waals surface area contributed by atoms with Crippen LogP contribution < -0.4 is 4.90 Å². The second-order valence-corrected chi connectivity index (χ2v) is 6.31. The van der Waals surface area contributed by atoms with E-state index in [2.05, 4.69) is 14.9 Å². The molecular formula is C15H22ClN3. The Morgan fingerprint density at radius 3 is 2.32 bits per heavy atom. The van der Waals surface area contributed by atoms with Crippen molar-refractivity contribution in [3.05, 3.63) is 18.1 Å². The highest BCUT2D eigenvalue weighted by Gasteiger charge is 2.35. The molecule has 3 nitrogen and oxygen atoms in total. The molecule has 1 aromatic heterocycles. The van der Waals surface area contributed by atoms with Crippen molar-refractivity contribution in [3.8, 4) is 0 Å². The van der Waals surface area contributed by atoms with Crippen LogP contribution in [-0.4, -0.2) is 23.1 Å². The second kappa shape index (κ2) is 5.66. The molecule has 0 atom stereocenters. The summed E-state index contributed by atoms with van der Waals surface area (Å²) >= 11 is 5.75. The molecule has 1 saturated carbocycles. The number of nitrogens with zero attached hydrogens (tertiary/aromatic N) is 3. The topological polar surface area (TPSA) is 29.0 Å². The number of piperidine rings is 1. The fraction of sp³-hybridized carbons (Fsp3) is 0.733. The molecule has 0 N–H and O–H groups in total. The van der Waals surface area contributed by atoms with Crippen molar-refractivity contribution in [2.24, 2.45) is 5.41 Å². The van der Waals surface area contributed by atoms with Crippen LogP contribution in [0.1, 0.15) is 50.6 Å². The normalized spacial score (nSPS) is 22.7. The summed E-state index contributed by atoms with van der Waals surface area (Å²) in [5.41, 5.74) is 1.50. The van der Waals surface area contributed by atoms with Gasteiger partial charge in [-0.1, -0.05) is 19.3 Å². The fourth-order valence-corrected chi connectivity index (χ4v) is 3.73. The number of rotatable bonds is 2. The average molecular weight is 280 g/mol. The lowest BCUT2D eigenvalue weighted by molar-refractivity contribution is 0.144. The van der Waals surface area contributed by atoms with Gasteiger partial charge in [0.1, 0.15) is 5.82 Å². The van der Waals surface area contributed by atoms with Gasteiger partial charge < -0.3 is 4.90 Å². The standard InChI is InChI=1S/C15H22ClN3/c16-10-13-11-18-14(12-17-13)19-8-6-15(7-9-19)4-2-1-3-5-15/h11-12H,1-10H2. The van der Waals surface area contributed by atoms with Gasteiger partial charge in [-0.25, -0.2) is 4.98 Å². The van der Waals surface area contributed by atoms with Crippen LogP contribution in [0.4, 0.5) is 5.82 Å². The minimum Gasteiger partial charge on any atom is -0.355 e. The summed E-state index contributed by atoms with van der Waals surface area (Å²) in [5.74, 6) is 1.45. The molecule has 0 radical (unpaired) electrons. The monoisotopic (exact) mass is 279 g/mol. The van der Waals surface area contributed by atoms with E-state index in [9.17, 15) is 0 Å². The number of hydrogen-bond acceptors (Lipinski definition) is 3. The van der Waals surface area contributed by atoms with Gasteiger partial charge in [0.25, 0.3) is 0 Å². The lowest BCUT2D eigenvalue weighted by Gasteiger charge is -2.44. The van der Waals surface area contributed by atoms with Gasteiger partial charge in [-0.2, -0.15) is 0 Å². The van der Waals surface area contributed by atoms with Crippen molar-refractivity contribution >= 4 is 17.4 Å². The quantitative estimate of drug-likeness (QED) is 0.772. The van der Waals surface area contributed by atoms with Crippen LogP contribution in [-0.2, 0) is 5.88 Å². The zero-order valence-corrected chi connectivity index (χ0v) is 12.2. The minimum atomic E-state index is 0.441. The van der Waals surface area contributed by atoms with Crippen molar-refractivity contribution in [1.82, 2.24) is 9.97 Å². The van der Waals surface area contributed by atoms with Crippen molar-refractivity contribution in [2.75, 3.05) is 18.0 Å². The smallest absolute Gasteiger partial charge is 0.147 e. The van der Waals surface area contributed by atoms with E-state index in [-0.39, 0.29) is 0 Å². The van der Waals surface area contributed by atoms with Crippen molar-refractivity contribution in [2.45, 2.75) is 50.8 Å². The molecule has 4 heteroatoms. The molecule has 2 heterocycles. The zero-order chi connectivity index (χ0) is 13.1. The second-order valence-electron chi connectivity index (χ2n) is 6.05. The first-order chi connectivity index (χ1) is 9.31. The van der Waals surface area contributed by atoms with Crippen LogP contribution in [0.3, 0.4) is 0 Å². The fourth-order valence-electron chi connectivity index (χ4n) is 3.59. The van der Waals surface area contributed by atoms with Gasteiger partial charge in [-0.05, 0) is 31.1 Å². The van der Waals surface area contributed by atoms with Crippen LogP contribution in [0.2, 0.25) is 0 Å². The van der Waals surface area contributed by atoms with Crippen LogP contribution in [0.15, 0.2) is 12.4 Å². The molecule has 1 aliphatic carbocycles. The molecule has 1 spiro atoms. The molecule has 104 valence electrons. The molecule has 0 aromatic carbocycles. The van der Waals surface area contributed by atoms with Crippen molar-refractivity contribution in [3.63, 3.8) is 0 Å². The summed E-state index contributed by atoms with van der Waals surface area (Å²) in [4.78, 5) is 11.2. The maximum atomic E-state index is 5.75. The van der Waals surface area contributed by atoms with E-state index >= 15 is 0 Å². The maximum absolute atomic E-state index is 5.75. The third kappa shape index (κ3) is 2.86. The molecule has 2 aliphatic rings. The third-order valence-corrected chi connectivity index (χ3v) is 5.16. The first kappa shape index (κ1) is 13.2. The molecule has 1 saturated heterocycles. The summed E-state index contributed by atoms with van der Waals surface area (Å²) in [6, 6.07) is 0. The lowest BCUT2D eigenvalue weighted by Crippen LogP contribution is -2.41. The number of aromatic nitrogens is 2. The first-order valence-electron chi connectivity index (χ1n) is 7.43. The van der Waals surface area contributed by atoms with Crippen LogP contribution >= 0.6 is 11.6 Å². The van der Waals surface area contributed by atoms with Gasteiger partial charge in [-0.15, -0.1) is 11.6 Å². The number of hydrogen-bond donors (Lipinski definition) is 0. The number of anilines is 1. The third-order valence-electron chi connectivity index (χ3n) is 4.89. The largest absolute Gasteiger partial charge is 0.355 e. The van der Waals surface area contributed by atoms with Gasteiger partial charge in [0.15, 0.2) is 0 Å². The summed E-state index contributed by atoms with van der Waals surface area (Å²) in [6.45, 7) is 2.27.